The highest BCUT2D eigenvalue weighted by atomic mass is 16.6. The molecule has 2 aromatic rings. The van der Waals surface area contributed by atoms with E-state index in [-0.39, 0.29) is 6.09 Å². The highest BCUT2D eigenvalue weighted by molar-refractivity contribution is 5.67. The minimum atomic E-state index is -0.208. The molecule has 0 bridgehead atoms. The van der Waals surface area contributed by atoms with Crippen molar-refractivity contribution in [3.8, 4) is 0 Å². The number of aromatic nitrogens is 1. The van der Waals surface area contributed by atoms with Crippen molar-refractivity contribution in [2.24, 2.45) is 0 Å². The van der Waals surface area contributed by atoms with Crippen molar-refractivity contribution in [1.82, 2.24) is 14.8 Å². The van der Waals surface area contributed by atoms with Gasteiger partial charge in [-0.2, -0.15) is 0 Å². The fourth-order valence-corrected chi connectivity index (χ4v) is 3.02. The van der Waals surface area contributed by atoms with Crippen LogP contribution in [0, 0.1) is 0 Å². The van der Waals surface area contributed by atoms with E-state index in [0.29, 0.717) is 6.61 Å². The van der Waals surface area contributed by atoms with Gasteiger partial charge >= 0.3 is 6.09 Å². The molecule has 0 N–H and O–H groups in total. The topological polar surface area (TPSA) is 45.7 Å². The minimum absolute atomic E-state index is 0.208. The van der Waals surface area contributed by atoms with Crippen LogP contribution in [0.3, 0.4) is 0 Å². The lowest BCUT2D eigenvalue weighted by Gasteiger charge is -2.21. The highest BCUT2D eigenvalue weighted by Gasteiger charge is 2.20. The summed E-state index contributed by atoms with van der Waals surface area (Å²) in [7, 11) is 0. The molecule has 0 aliphatic carbocycles. The Morgan fingerprint density at radius 2 is 1.76 bits per heavy atom. The summed E-state index contributed by atoms with van der Waals surface area (Å²) in [4.78, 5) is 20.6. The van der Waals surface area contributed by atoms with Crippen molar-refractivity contribution in [3.05, 3.63) is 66.0 Å². The zero-order valence-electron chi connectivity index (χ0n) is 14.5. The molecule has 0 spiro atoms. The molecule has 1 fully saturated rings. The second-order valence-corrected chi connectivity index (χ2v) is 6.33. The molecular weight excluding hydrogens is 314 g/mol. The van der Waals surface area contributed by atoms with Gasteiger partial charge in [0.15, 0.2) is 0 Å². The molecule has 132 valence electrons. The predicted molar refractivity (Wildman–Crippen MR) is 97.2 cm³/mol. The Morgan fingerprint density at radius 1 is 0.960 bits per heavy atom. The van der Waals surface area contributed by atoms with Gasteiger partial charge in [0.25, 0.3) is 0 Å². The molecule has 1 saturated heterocycles. The van der Waals surface area contributed by atoms with Gasteiger partial charge in [0.05, 0.1) is 0 Å². The first-order valence-electron chi connectivity index (χ1n) is 8.88. The molecule has 1 aliphatic heterocycles. The van der Waals surface area contributed by atoms with E-state index < -0.39 is 0 Å². The summed E-state index contributed by atoms with van der Waals surface area (Å²) in [6.45, 7) is 4.75. The Hall–Kier alpha value is -2.40. The van der Waals surface area contributed by atoms with Crippen molar-refractivity contribution in [3.63, 3.8) is 0 Å². The Bertz CT molecular complexity index is 649. The highest BCUT2D eigenvalue weighted by Crippen LogP contribution is 2.09. The normalized spacial score (nSPS) is 15.6. The largest absolute Gasteiger partial charge is 0.445 e. The van der Waals surface area contributed by atoms with Crippen molar-refractivity contribution < 1.29 is 9.53 Å². The summed E-state index contributed by atoms with van der Waals surface area (Å²) in [5, 5.41) is 0. The predicted octanol–water partition coefficient (Wildman–Crippen LogP) is 2.97. The van der Waals surface area contributed by atoms with Gasteiger partial charge in [0.2, 0.25) is 0 Å². The molecule has 5 heteroatoms. The van der Waals surface area contributed by atoms with E-state index in [1.807, 2.05) is 47.6 Å². The zero-order valence-corrected chi connectivity index (χ0v) is 14.5. The summed E-state index contributed by atoms with van der Waals surface area (Å²) >= 11 is 0. The van der Waals surface area contributed by atoms with E-state index in [1.54, 1.807) is 0 Å². The number of hydrogen-bond donors (Lipinski definition) is 0. The van der Waals surface area contributed by atoms with Crippen LogP contribution in [0.1, 0.15) is 17.5 Å². The van der Waals surface area contributed by atoms with Gasteiger partial charge in [-0.1, -0.05) is 30.3 Å². The number of rotatable bonds is 5. The van der Waals surface area contributed by atoms with E-state index in [4.69, 9.17) is 4.74 Å². The third kappa shape index (κ3) is 5.57. The van der Waals surface area contributed by atoms with Crippen molar-refractivity contribution in [2.75, 3.05) is 32.7 Å². The first kappa shape index (κ1) is 17.4. The van der Waals surface area contributed by atoms with Crippen LogP contribution in [0.4, 0.5) is 4.79 Å². The SMILES string of the molecule is O=C(OCc1ccccc1)N1CCCN(CCc2ccncc2)CC1. The van der Waals surface area contributed by atoms with Gasteiger partial charge < -0.3 is 14.5 Å². The Balaban J connectivity index is 1.42. The summed E-state index contributed by atoms with van der Waals surface area (Å²) in [6.07, 6.45) is 5.46. The van der Waals surface area contributed by atoms with Crippen molar-refractivity contribution >= 4 is 6.09 Å². The van der Waals surface area contributed by atoms with Crippen LogP contribution in [0.5, 0.6) is 0 Å². The lowest BCUT2D eigenvalue weighted by molar-refractivity contribution is 0.0973. The van der Waals surface area contributed by atoms with Crippen LogP contribution >= 0.6 is 0 Å². The smallest absolute Gasteiger partial charge is 0.410 e. The van der Waals surface area contributed by atoms with Crippen LogP contribution in [0.15, 0.2) is 54.9 Å². The first-order chi connectivity index (χ1) is 12.3. The Labute approximate surface area is 149 Å². The molecule has 3 rings (SSSR count). The van der Waals surface area contributed by atoms with E-state index >= 15 is 0 Å². The molecule has 1 aromatic heterocycles. The second kappa shape index (κ2) is 9.18. The number of carbonyl (C=O) groups is 1. The number of nitrogens with zero attached hydrogens (tertiary/aromatic N) is 3. The number of hydrogen-bond acceptors (Lipinski definition) is 4. The fraction of sp³-hybridized carbons (Fsp3) is 0.400. The van der Waals surface area contributed by atoms with Crippen molar-refractivity contribution in [2.45, 2.75) is 19.4 Å². The molecule has 25 heavy (non-hydrogen) atoms. The van der Waals surface area contributed by atoms with Gasteiger partial charge in [-0.05, 0) is 42.6 Å². The molecule has 2 heterocycles. The number of amides is 1. The summed E-state index contributed by atoms with van der Waals surface area (Å²) in [5.41, 5.74) is 2.32. The Kier molecular flexibility index (Phi) is 6.40. The third-order valence-corrected chi connectivity index (χ3v) is 4.52. The maximum Gasteiger partial charge on any atom is 0.410 e. The quantitative estimate of drug-likeness (QED) is 0.840. The van der Waals surface area contributed by atoms with Gasteiger partial charge in [-0.25, -0.2) is 4.79 Å². The van der Waals surface area contributed by atoms with Crippen LogP contribution < -0.4 is 0 Å². The monoisotopic (exact) mass is 339 g/mol. The van der Waals surface area contributed by atoms with Crippen LogP contribution in [-0.4, -0.2) is 53.6 Å². The van der Waals surface area contributed by atoms with E-state index in [9.17, 15) is 4.79 Å². The molecule has 1 amide bonds. The summed E-state index contributed by atoms with van der Waals surface area (Å²) in [6, 6.07) is 13.9. The Morgan fingerprint density at radius 3 is 2.56 bits per heavy atom. The average Bonchev–Trinajstić information content (AvgIpc) is 2.92. The standard InChI is InChI=1S/C20H25N3O2/c24-20(25-17-19-5-2-1-3-6-19)23-13-4-12-22(15-16-23)14-9-18-7-10-21-11-8-18/h1-3,5-8,10-11H,4,9,12-17H2. The van der Waals surface area contributed by atoms with Gasteiger partial charge in [0.1, 0.15) is 6.61 Å². The van der Waals surface area contributed by atoms with Gasteiger partial charge in [-0.15, -0.1) is 0 Å². The first-order valence-corrected chi connectivity index (χ1v) is 8.88. The third-order valence-electron chi connectivity index (χ3n) is 4.52. The minimum Gasteiger partial charge on any atom is -0.445 e. The number of pyridine rings is 1. The maximum atomic E-state index is 12.3. The van der Waals surface area contributed by atoms with Crippen molar-refractivity contribution in [1.29, 1.82) is 0 Å². The van der Waals surface area contributed by atoms with Gasteiger partial charge in [-0.3, -0.25) is 4.98 Å². The lowest BCUT2D eigenvalue weighted by atomic mass is 10.2. The summed E-state index contributed by atoms with van der Waals surface area (Å²) in [5.74, 6) is 0. The number of ether oxygens (including phenoxy) is 1. The molecule has 0 radical (unpaired) electrons. The molecule has 0 saturated carbocycles. The number of carbonyl (C=O) groups excluding carboxylic acids is 1. The number of benzene rings is 1. The average molecular weight is 339 g/mol. The second-order valence-electron chi connectivity index (χ2n) is 6.33. The molecule has 0 atom stereocenters. The van der Waals surface area contributed by atoms with E-state index in [0.717, 1.165) is 51.1 Å². The van der Waals surface area contributed by atoms with Gasteiger partial charge in [0, 0.05) is 38.6 Å². The molecule has 1 aromatic carbocycles. The zero-order chi connectivity index (χ0) is 17.3. The summed E-state index contributed by atoms with van der Waals surface area (Å²) < 4.78 is 5.45. The molecule has 0 unspecified atom stereocenters. The lowest BCUT2D eigenvalue weighted by Crippen LogP contribution is -2.36. The molecular formula is C20H25N3O2. The van der Waals surface area contributed by atoms with Crippen LogP contribution in [-0.2, 0) is 17.8 Å². The van der Waals surface area contributed by atoms with Crippen LogP contribution in [0.25, 0.3) is 0 Å². The maximum absolute atomic E-state index is 12.3. The van der Waals surface area contributed by atoms with Crippen LogP contribution in [0.2, 0.25) is 0 Å². The fourth-order valence-electron chi connectivity index (χ4n) is 3.02. The van der Waals surface area contributed by atoms with E-state index in [2.05, 4.69) is 22.0 Å². The molecule has 5 nitrogen and oxygen atoms in total. The van der Waals surface area contributed by atoms with E-state index in [1.165, 1.54) is 5.56 Å². The molecule has 1 aliphatic rings.